The molecule has 0 saturated carbocycles. The van der Waals surface area contributed by atoms with Crippen molar-refractivity contribution in [1.29, 1.82) is 0 Å². The van der Waals surface area contributed by atoms with Crippen molar-refractivity contribution in [3.63, 3.8) is 0 Å². The number of benzene rings is 1. The van der Waals surface area contributed by atoms with Gasteiger partial charge in [-0.05, 0) is 17.5 Å². The summed E-state index contributed by atoms with van der Waals surface area (Å²) < 4.78 is 3.99. The number of fused-ring (bicyclic) bond motifs is 1. The average molecular weight is 274 g/mol. The number of nitrogens with two attached hydrogens (primary N) is 1. The van der Waals surface area contributed by atoms with E-state index >= 15 is 0 Å². The third kappa shape index (κ3) is 2.56. The molecule has 1 atom stereocenters. The van der Waals surface area contributed by atoms with Crippen molar-refractivity contribution in [2.45, 2.75) is 40.0 Å². The van der Waals surface area contributed by atoms with Crippen molar-refractivity contribution >= 4 is 17.0 Å². The number of nitrogens with zero attached hydrogens (tertiary/aromatic N) is 2. The molecule has 1 aromatic heterocycles. The summed E-state index contributed by atoms with van der Waals surface area (Å²) in [6, 6.07) is 8.04. The molecular formula is C16H24N3O+. The number of para-hydroxylation sites is 2. The average Bonchev–Trinajstić information content (AvgIpc) is 2.64. The Morgan fingerprint density at radius 2 is 2.05 bits per heavy atom. The number of hydrogen-bond donors (Lipinski definition) is 2. The van der Waals surface area contributed by atoms with E-state index in [1.54, 1.807) is 0 Å². The van der Waals surface area contributed by atoms with Gasteiger partial charge >= 0.3 is 5.95 Å². The van der Waals surface area contributed by atoms with Gasteiger partial charge in [0, 0.05) is 0 Å². The van der Waals surface area contributed by atoms with E-state index in [-0.39, 0.29) is 5.41 Å². The van der Waals surface area contributed by atoms with Gasteiger partial charge in [0.15, 0.2) is 0 Å². The standard InChI is InChI=1S/C16H23N3O/c1-5-10-18-12-8-6-7-9-13(12)19(15(18)17)11-14(20)16(2,3)4/h5-9,14,17,20H,1,10-11H2,2-4H3/p+1. The second kappa shape index (κ2) is 5.29. The molecule has 1 aromatic carbocycles. The number of allylic oxidation sites excluding steroid dienone is 1. The van der Waals surface area contributed by atoms with Gasteiger partial charge in [-0.1, -0.05) is 45.6 Å². The Morgan fingerprint density at radius 1 is 1.40 bits per heavy atom. The van der Waals surface area contributed by atoms with Crippen LogP contribution in [0, 0.1) is 5.41 Å². The van der Waals surface area contributed by atoms with Crippen LogP contribution in [0.3, 0.4) is 0 Å². The molecule has 0 spiro atoms. The lowest BCUT2D eigenvalue weighted by Gasteiger charge is -2.24. The molecule has 3 N–H and O–H groups in total. The highest BCUT2D eigenvalue weighted by Crippen LogP contribution is 2.21. The predicted octanol–water partition coefficient (Wildman–Crippen LogP) is 2.10. The van der Waals surface area contributed by atoms with Crippen LogP contribution in [0.5, 0.6) is 0 Å². The first kappa shape index (κ1) is 14.6. The summed E-state index contributed by atoms with van der Waals surface area (Å²) in [4.78, 5) is 0. The van der Waals surface area contributed by atoms with Gasteiger partial charge in [-0.15, -0.1) is 0 Å². The van der Waals surface area contributed by atoms with E-state index < -0.39 is 6.10 Å². The normalized spacial score (nSPS) is 13.6. The molecule has 1 heterocycles. The van der Waals surface area contributed by atoms with E-state index in [1.165, 1.54) is 0 Å². The first-order chi connectivity index (χ1) is 9.36. The van der Waals surface area contributed by atoms with Gasteiger partial charge in [-0.2, -0.15) is 0 Å². The fraction of sp³-hybridized carbons (Fsp3) is 0.438. The van der Waals surface area contributed by atoms with Crippen molar-refractivity contribution in [2.75, 3.05) is 5.73 Å². The monoisotopic (exact) mass is 274 g/mol. The molecule has 2 rings (SSSR count). The van der Waals surface area contributed by atoms with E-state index in [1.807, 2.05) is 60.2 Å². The molecule has 0 radical (unpaired) electrons. The molecule has 0 aliphatic heterocycles. The number of aromatic nitrogens is 2. The zero-order chi connectivity index (χ0) is 14.9. The van der Waals surface area contributed by atoms with Crippen molar-refractivity contribution in [1.82, 2.24) is 4.57 Å². The van der Waals surface area contributed by atoms with E-state index in [9.17, 15) is 5.11 Å². The van der Waals surface area contributed by atoms with Crippen LogP contribution in [0.1, 0.15) is 20.8 Å². The maximum atomic E-state index is 10.4. The summed E-state index contributed by atoms with van der Waals surface area (Å²) in [5.41, 5.74) is 8.18. The van der Waals surface area contributed by atoms with E-state index in [4.69, 9.17) is 5.73 Å². The number of hydrogen-bond acceptors (Lipinski definition) is 2. The van der Waals surface area contributed by atoms with Crippen LogP contribution in [-0.4, -0.2) is 15.8 Å². The molecule has 0 fully saturated rings. The van der Waals surface area contributed by atoms with Crippen LogP contribution in [0.25, 0.3) is 11.0 Å². The van der Waals surface area contributed by atoms with Gasteiger partial charge in [0.25, 0.3) is 0 Å². The van der Waals surface area contributed by atoms with Gasteiger partial charge in [0.1, 0.15) is 11.0 Å². The summed E-state index contributed by atoms with van der Waals surface area (Å²) in [6.07, 6.45) is 1.37. The highest BCUT2D eigenvalue weighted by atomic mass is 16.3. The van der Waals surface area contributed by atoms with Gasteiger partial charge in [-0.3, -0.25) is 5.73 Å². The van der Waals surface area contributed by atoms with Crippen LogP contribution < -0.4 is 10.3 Å². The zero-order valence-corrected chi connectivity index (χ0v) is 12.5. The fourth-order valence-corrected chi connectivity index (χ4v) is 2.27. The molecule has 0 saturated heterocycles. The number of anilines is 1. The Hall–Kier alpha value is -1.81. The van der Waals surface area contributed by atoms with Gasteiger partial charge < -0.3 is 5.11 Å². The minimum absolute atomic E-state index is 0.179. The van der Waals surface area contributed by atoms with E-state index in [0.717, 1.165) is 11.0 Å². The predicted molar refractivity (Wildman–Crippen MR) is 82.2 cm³/mol. The highest BCUT2D eigenvalue weighted by molar-refractivity contribution is 5.73. The summed E-state index contributed by atoms with van der Waals surface area (Å²) in [5, 5.41) is 10.4. The molecule has 1 unspecified atom stereocenters. The first-order valence-corrected chi connectivity index (χ1v) is 6.91. The third-order valence-corrected chi connectivity index (χ3v) is 3.68. The lowest BCUT2D eigenvalue weighted by Crippen LogP contribution is -2.46. The van der Waals surface area contributed by atoms with Gasteiger partial charge in [0.05, 0.1) is 19.2 Å². The van der Waals surface area contributed by atoms with E-state index in [2.05, 4.69) is 6.58 Å². The number of rotatable bonds is 4. The Balaban J connectivity index is 2.53. The van der Waals surface area contributed by atoms with Crippen LogP contribution in [0.2, 0.25) is 0 Å². The summed E-state index contributed by atoms with van der Waals surface area (Å²) >= 11 is 0. The molecule has 4 heteroatoms. The Labute approximate surface area is 120 Å². The Morgan fingerprint density at radius 3 is 2.65 bits per heavy atom. The maximum Gasteiger partial charge on any atom is 0.356 e. The molecule has 0 aliphatic carbocycles. The third-order valence-electron chi connectivity index (χ3n) is 3.68. The lowest BCUT2D eigenvalue weighted by molar-refractivity contribution is -0.667. The van der Waals surface area contributed by atoms with E-state index in [0.29, 0.717) is 19.0 Å². The SMILES string of the molecule is C=CCn1c(N)[n+](CC(O)C(C)(C)C)c2ccccc21. The van der Waals surface area contributed by atoms with Crippen molar-refractivity contribution in [2.24, 2.45) is 5.41 Å². The first-order valence-electron chi connectivity index (χ1n) is 6.91. The topological polar surface area (TPSA) is 55.1 Å². The number of imidazole rings is 1. The molecule has 0 amide bonds. The summed E-state index contributed by atoms with van der Waals surface area (Å²) in [7, 11) is 0. The van der Waals surface area contributed by atoms with Crippen LogP contribution in [0.15, 0.2) is 36.9 Å². The highest BCUT2D eigenvalue weighted by Gasteiger charge is 2.28. The van der Waals surface area contributed by atoms with Gasteiger partial charge in [0.2, 0.25) is 0 Å². The summed E-state index contributed by atoms with van der Waals surface area (Å²) in [6.45, 7) is 11.0. The summed E-state index contributed by atoms with van der Waals surface area (Å²) in [5.74, 6) is 0.648. The molecule has 4 nitrogen and oxygen atoms in total. The Bertz CT molecular complexity index is 622. The van der Waals surface area contributed by atoms with Crippen molar-refractivity contribution in [3.8, 4) is 0 Å². The molecule has 0 bridgehead atoms. The molecule has 20 heavy (non-hydrogen) atoms. The zero-order valence-electron chi connectivity index (χ0n) is 12.5. The lowest BCUT2D eigenvalue weighted by atomic mass is 9.89. The fourth-order valence-electron chi connectivity index (χ4n) is 2.27. The van der Waals surface area contributed by atoms with Crippen LogP contribution in [-0.2, 0) is 13.1 Å². The quantitative estimate of drug-likeness (QED) is 0.662. The van der Waals surface area contributed by atoms with Crippen molar-refractivity contribution in [3.05, 3.63) is 36.9 Å². The van der Waals surface area contributed by atoms with Crippen LogP contribution >= 0.6 is 0 Å². The second-order valence-corrected chi connectivity index (χ2v) is 6.24. The minimum Gasteiger partial charge on any atom is -0.389 e. The van der Waals surface area contributed by atoms with Crippen molar-refractivity contribution < 1.29 is 9.67 Å². The molecule has 0 aliphatic rings. The molecule has 2 aromatic rings. The maximum absolute atomic E-state index is 10.4. The van der Waals surface area contributed by atoms with Gasteiger partial charge in [-0.25, -0.2) is 9.13 Å². The number of aliphatic hydroxyl groups is 1. The molecular weight excluding hydrogens is 250 g/mol. The second-order valence-electron chi connectivity index (χ2n) is 6.24. The largest absolute Gasteiger partial charge is 0.389 e. The Kier molecular flexibility index (Phi) is 3.86. The smallest absolute Gasteiger partial charge is 0.356 e. The molecule has 108 valence electrons. The minimum atomic E-state index is -0.460. The van der Waals surface area contributed by atoms with Crippen LogP contribution in [0.4, 0.5) is 5.95 Å². The number of aliphatic hydroxyl groups excluding tert-OH is 1. The number of nitrogen functional groups attached to an aromatic ring is 1.